The lowest BCUT2D eigenvalue weighted by atomic mass is 10.1. The molecule has 4 aromatic rings. The second kappa shape index (κ2) is 9.04. The van der Waals surface area contributed by atoms with Crippen molar-refractivity contribution in [3.63, 3.8) is 0 Å². The van der Waals surface area contributed by atoms with Crippen molar-refractivity contribution in [1.29, 1.82) is 0 Å². The minimum Gasteiger partial charge on any atom is -0.356 e. The number of alkyl halides is 3. The number of hydrogen-bond acceptors (Lipinski definition) is 5. The van der Waals surface area contributed by atoms with Crippen molar-refractivity contribution < 1.29 is 22.5 Å². The molecule has 0 spiro atoms. The predicted octanol–water partition coefficient (Wildman–Crippen LogP) is 5.91. The van der Waals surface area contributed by atoms with E-state index in [1.165, 1.54) is 17.2 Å². The number of pyridine rings is 1. The van der Waals surface area contributed by atoms with Crippen molar-refractivity contribution in [1.82, 2.24) is 19.9 Å². The second-order valence-electron chi connectivity index (χ2n) is 8.11. The van der Waals surface area contributed by atoms with Crippen LogP contribution in [0.1, 0.15) is 34.6 Å². The standard InChI is InChI=1S/C23H17ClF3N5O2.H2S/c1-12-5-14(9-28-8-12)20-7-19(30-34-20)16-10-29-32-13(2)11-31(22(33)21(16)32)15-3-4-17(18(24)6-15)23(25,26)27;/h3-10,13H,11H2,1-2H3;1H2/t13-;/m0./s1. The predicted molar refractivity (Wildman–Crippen MR) is 129 cm³/mol. The fourth-order valence-corrected chi connectivity index (χ4v) is 4.28. The van der Waals surface area contributed by atoms with Crippen molar-refractivity contribution in [3.8, 4) is 22.6 Å². The molecule has 0 unspecified atom stereocenters. The molecule has 5 rings (SSSR count). The number of fused-ring (bicyclic) bond motifs is 1. The van der Waals surface area contributed by atoms with E-state index in [4.69, 9.17) is 16.1 Å². The van der Waals surface area contributed by atoms with Crippen LogP contribution in [-0.2, 0) is 6.18 Å². The van der Waals surface area contributed by atoms with Crippen molar-refractivity contribution in [2.75, 3.05) is 11.4 Å². The fraction of sp³-hybridized carbons (Fsp3) is 0.217. The minimum atomic E-state index is -4.59. The summed E-state index contributed by atoms with van der Waals surface area (Å²) in [5, 5.41) is 7.99. The number of benzene rings is 1. The Hall–Kier alpha value is -3.31. The van der Waals surface area contributed by atoms with Crippen LogP contribution in [0, 0.1) is 6.92 Å². The molecular weight excluding hydrogens is 503 g/mol. The third-order valence-corrected chi connectivity index (χ3v) is 5.94. The van der Waals surface area contributed by atoms with Crippen LogP contribution in [-0.4, -0.2) is 32.4 Å². The third-order valence-electron chi connectivity index (χ3n) is 5.62. The highest BCUT2D eigenvalue weighted by atomic mass is 35.5. The number of halogens is 4. The van der Waals surface area contributed by atoms with E-state index in [-0.39, 0.29) is 37.5 Å². The van der Waals surface area contributed by atoms with E-state index in [0.717, 1.165) is 23.3 Å². The van der Waals surface area contributed by atoms with E-state index in [2.05, 4.69) is 15.2 Å². The zero-order chi connectivity index (χ0) is 24.2. The summed E-state index contributed by atoms with van der Waals surface area (Å²) in [6.07, 6.45) is 0.312. The molecule has 0 radical (unpaired) electrons. The molecule has 0 bridgehead atoms. The van der Waals surface area contributed by atoms with Gasteiger partial charge in [0.1, 0.15) is 11.4 Å². The maximum atomic E-state index is 13.5. The Morgan fingerprint density at radius 1 is 1.14 bits per heavy atom. The Morgan fingerprint density at radius 2 is 1.91 bits per heavy atom. The molecule has 1 aliphatic heterocycles. The van der Waals surface area contributed by atoms with Crippen molar-refractivity contribution in [2.24, 2.45) is 0 Å². The molecule has 0 saturated carbocycles. The van der Waals surface area contributed by atoms with E-state index in [1.807, 2.05) is 19.9 Å². The average Bonchev–Trinajstić information content (AvgIpc) is 3.43. The number of nitrogens with zero attached hydrogens (tertiary/aromatic N) is 5. The summed E-state index contributed by atoms with van der Waals surface area (Å²) < 4.78 is 46.4. The number of carbonyl (C=O) groups is 1. The number of aromatic nitrogens is 4. The molecular formula is C23H19ClF3N5O2S. The molecule has 182 valence electrons. The van der Waals surface area contributed by atoms with Gasteiger partial charge >= 0.3 is 6.18 Å². The molecule has 0 N–H and O–H groups in total. The summed E-state index contributed by atoms with van der Waals surface area (Å²) >= 11 is 5.89. The van der Waals surface area contributed by atoms with Gasteiger partial charge in [-0.2, -0.15) is 31.8 Å². The van der Waals surface area contributed by atoms with Crippen molar-refractivity contribution >= 4 is 36.7 Å². The summed E-state index contributed by atoms with van der Waals surface area (Å²) in [7, 11) is 0. The lowest BCUT2D eigenvalue weighted by Gasteiger charge is -2.32. The Bertz CT molecular complexity index is 1420. The van der Waals surface area contributed by atoms with Gasteiger partial charge in [-0.15, -0.1) is 0 Å². The van der Waals surface area contributed by atoms with E-state index < -0.39 is 22.7 Å². The van der Waals surface area contributed by atoms with Crippen LogP contribution >= 0.6 is 25.1 Å². The van der Waals surface area contributed by atoms with Gasteiger partial charge in [-0.25, -0.2) is 0 Å². The van der Waals surface area contributed by atoms with Crippen LogP contribution in [0.4, 0.5) is 18.9 Å². The fourth-order valence-electron chi connectivity index (χ4n) is 4.00. The van der Waals surface area contributed by atoms with Gasteiger partial charge in [0.25, 0.3) is 5.91 Å². The first kappa shape index (κ1) is 24.8. The monoisotopic (exact) mass is 521 g/mol. The summed E-state index contributed by atoms with van der Waals surface area (Å²) in [4.78, 5) is 19.0. The van der Waals surface area contributed by atoms with Crippen molar-refractivity contribution in [3.05, 3.63) is 70.8 Å². The van der Waals surface area contributed by atoms with Crippen LogP contribution in [0.2, 0.25) is 5.02 Å². The van der Waals surface area contributed by atoms with Crippen LogP contribution < -0.4 is 4.90 Å². The lowest BCUT2D eigenvalue weighted by molar-refractivity contribution is -0.137. The summed E-state index contributed by atoms with van der Waals surface area (Å²) in [6, 6.07) is 6.62. The second-order valence-corrected chi connectivity index (χ2v) is 8.51. The zero-order valence-electron chi connectivity index (χ0n) is 18.5. The Balaban J connectivity index is 0.00000289. The summed E-state index contributed by atoms with van der Waals surface area (Å²) in [5.41, 5.74) is 2.12. The Morgan fingerprint density at radius 3 is 2.60 bits per heavy atom. The SMILES string of the molecule is Cc1cncc(-c2cc(-c3cnn4c3C(=O)N(c3ccc(C(F)(F)F)c(Cl)c3)C[C@@H]4C)no2)c1.S. The van der Waals surface area contributed by atoms with Gasteiger partial charge in [0.2, 0.25) is 0 Å². The van der Waals surface area contributed by atoms with E-state index in [1.54, 1.807) is 23.1 Å². The largest absolute Gasteiger partial charge is 0.417 e. The molecule has 4 heterocycles. The molecule has 1 aromatic carbocycles. The molecule has 1 atom stereocenters. The highest BCUT2D eigenvalue weighted by molar-refractivity contribution is 7.59. The minimum absolute atomic E-state index is 0. The number of carbonyl (C=O) groups excluding carboxylic acids is 1. The van der Waals surface area contributed by atoms with Gasteiger partial charge in [-0.05, 0) is 43.7 Å². The van der Waals surface area contributed by atoms with Gasteiger partial charge in [-0.3, -0.25) is 14.5 Å². The first-order chi connectivity index (χ1) is 16.1. The van der Waals surface area contributed by atoms with E-state index in [0.29, 0.717) is 17.0 Å². The third kappa shape index (κ3) is 4.41. The highest BCUT2D eigenvalue weighted by Crippen LogP contribution is 2.39. The molecule has 0 saturated heterocycles. The average molecular weight is 522 g/mol. The van der Waals surface area contributed by atoms with E-state index in [9.17, 15) is 18.0 Å². The van der Waals surface area contributed by atoms with Gasteiger partial charge < -0.3 is 9.42 Å². The number of amides is 1. The number of aryl methyl sites for hydroxylation is 1. The number of hydrogen-bond donors (Lipinski definition) is 0. The van der Waals surface area contributed by atoms with Crippen LogP contribution in [0.15, 0.2) is 53.4 Å². The summed E-state index contributed by atoms with van der Waals surface area (Å²) in [5.74, 6) is 0.0528. The lowest BCUT2D eigenvalue weighted by Crippen LogP contribution is -2.42. The molecule has 1 amide bonds. The highest BCUT2D eigenvalue weighted by Gasteiger charge is 2.37. The molecule has 0 aliphatic carbocycles. The molecule has 35 heavy (non-hydrogen) atoms. The van der Waals surface area contributed by atoms with Gasteiger partial charge in [0.05, 0.1) is 28.4 Å². The van der Waals surface area contributed by atoms with E-state index >= 15 is 0 Å². The summed E-state index contributed by atoms with van der Waals surface area (Å²) in [6.45, 7) is 3.98. The van der Waals surface area contributed by atoms with Gasteiger partial charge in [0.15, 0.2) is 5.76 Å². The Kier molecular flexibility index (Phi) is 6.41. The van der Waals surface area contributed by atoms with Gasteiger partial charge in [-0.1, -0.05) is 16.8 Å². The number of anilines is 1. The normalized spacial score (nSPS) is 15.7. The Labute approximate surface area is 209 Å². The first-order valence-electron chi connectivity index (χ1n) is 10.3. The van der Waals surface area contributed by atoms with Crippen LogP contribution in [0.5, 0.6) is 0 Å². The molecule has 12 heteroatoms. The van der Waals surface area contributed by atoms with Gasteiger partial charge in [0, 0.05) is 36.3 Å². The zero-order valence-corrected chi connectivity index (χ0v) is 20.2. The number of rotatable bonds is 3. The van der Waals surface area contributed by atoms with Crippen LogP contribution in [0.25, 0.3) is 22.6 Å². The molecule has 1 aliphatic rings. The smallest absolute Gasteiger partial charge is 0.356 e. The van der Waals surface area contributed by atoms with Crippen LogP contribution in [0.3, 0.4) is 0 Å². The van der Waals surface area contributed by atoms with Crippen molar-refractivity contribution in [2.45, 2.75) is 26.1 Å². The first-order valence-corrected chi connectivity index (χ1v) is 10.7. The molecule has 0 fully saturated rings. The topological polar surface area (TPSA) is 77.1 Å². The molecule has 7 nitrogen and oxygen atoms in total. The maximum Gasteiger partial charge on any atom is 0.417 e. The quantitative estimate of drug-likeness (QED) is 0.335. The molecule has 3 aromatic heterocycles. The maximum absolute atomic E-state index is 13.5.